The number of hydrogen-bond donors (Lipinski definition) is 1. The van der Waals surface area contributed by atoms with Gasteiger partial charge in [-0.1, -0.05) is 6.92 Å². The maximum atomic E-state index is 10.4. The van der Waals surface area contributed by atoms with Gasteiger partial charge in [0.25, 0.3) is 0 Å². The Morgan fingerprint density at radius 1 is 1.33 bits per heavy atom. The summed E-state index contributed by atoms with van der Waals surface area (Å²) in [6.07, 6.45) is 0.249. The Labute approximate surface area is 53.7 Å². The second-order valence-electron chi connectivity index (χ2n) is 1.77. The van der Waals surface area contributed by atoms with Crippen molar-refractivity contribution in [3.05, 3.63) is 0 Å². The van der Waals surface area contributed by atoms with E-state index in [0.29, 0.717) is 6.42 Å². The number of carbonyl (C=O) groups is 2. The van der Waals surface area contributed by atoms with E-state index < -0.39 is 12.4 Å². The molecule has 9 heavy (non-hydrogen) atoms. The second kappa shape index (κ2) is 4.21. The molecule has 52 valence electrons. The summed E-state index contributed by atoms with van der Waals surface area (Å²) in [7, 11) is 0. The van der Waals surface area contributed by atoms with Crippen molar-refractivity contribution in [1.82, 2.24) is 0 Å². The normalized spacial score (nSPS) is 9.11. The van der Waals surface area contributed by atoms with Crippen LogP contribution in [0.1, 0.15) is 19.8 Å². The molecule has 0 atom stereocenters. The van der Waals surface area contributed by atoms with E-state index in [-0.39, 0.29) is 12.2 Å². The van der Waals surface area contributed by atoms with E-state index in [2.05, 4.69) is 0 Å². The molecule has 3 heteroatoms. The van der Waals surface area contributed by atoms with Crippen LogP contribution in [0.4, 0.5) is 0 Å². The Kier molecular flexibility index (Phi) is 3.88. The quantitative estimate of drug-likeness (QED) is 0.541. The average Bonchev–Trinajstić information content (AvgIpc) is 1.87. The summed E-state index contributed by atoms with van der Waals surface area (Å²) in [6.45, 7) is 1.17. The van der Waals surface area contributed by atoms with Crippen molar-refractivity contribution < 1.29 is 14.7 Å². The fourth-order valence-electron chi connectivity index (χ4n) is 0.401. The highest BCUT2D eigenvalue weighted by atomic mass is 16.3. The van der Waals surface area contributed by atoms with Gasteiger partial charge in [0.15, 0.2) is 5.78 Å². The molecular formula is C6H10O3. The largest absolute Gasteiger partial charge is 0.389 e. The van der Waals surface area contributed by atoms with Crippen LogP contribution in [-0.2, 0) is 9.59 Å². The van der Waals surface area contributed by atoms with Gasteiger partial charge in [-0.2, -0.15) is 0 Å². The second-order valence-corrected chi connectivity index (χ2v) is 1.77. The van der Waals surface area contributed by atoms with Gasteiger partial charge < -0.3 is 5.11 Å². The third-order valence-electron chi connectivity index (χ3n) is 0.965. The summed E-state index contributed by atoms with van der Waals surface area (Å²) in [5, 5.41) is 8.18. The van der Waals surface area contributed by atoms with Gasteiger partial charge in [-0.15, -0.1) is 0 Å². The Hall–Kier alpha value is -0.700. The molecule has 0 spiro atoms. The molecule has 0 saturated heterocycles. The summed E-state index contributed by atoms with van der Waals surface area (Å²) >= 11 is 0. The summed E-state index contributed by atoms with van der Waals surface area (Å²) in [5.74, 6) is -0.518. The van der Waals surface area contributed by atoms with Crippen molar-refractivity contribution in [2.75, 3.05) is 6.61 Å². The van der Waals surface area contributed by atoms with Crippen molar-refractivity contribution in [1.29, 1.82) is 0 Å². The zero-order chi connectivity index (χ0) is 7.28. The third-order valence-corrected chi connectivity index (χ3v) is 0.965. The lowest BCUT2D eigenvalue weighted by Crippen LogP contribution is -2.09. The molecule has 0 saturated carbocycles. The molecule has 1 N–H and O–H groups in total. The number of hydrogen-bond acceptors (Lipinski definition) is 3. The first-order valence-corrected chi connectivity index (χ1v) is 2.85. The molecule has 0 aromatic rings. The first-order valence-electron chi connectivity index (χ1n) is 2.85. The van der Waals surface area contributed by atoms with E-state index in [4.69, 9.17) is 5.11 Å². The van der Waals surface area contributed by atoms with E-state index in [1.807, 2.05) is 0 Å². The summed E-state index contributed by atoms with van der Waals surface area (Å²) in [4.78, 5) is 20.8. The van der Waals surface area contributed by atoms with Gasteiger partial charge in [0.2, 0.25) is 0 Å². The molecule has 0 rings (SSSR count). The van der Waals surface area contributed by atoms with Crippen molar-refractivity contribution in [3.8, 4) is 0 Å². The minimum atomic E-state index is -0.522. The van der Waals surface area contributed by atoms with Crippen LogP contribution in [0.15, 0.2) is 0 Å². The molecule has 0 fully saturated rings. The van der Waals surface area contributed by atoms with Gasteiger partial charge in [0.05, 0.1) is 6.42 Å². The van der Waals surface area contributed by atoms with E-state index in [1.54, 1.807) is 6.92 Å². The van der Waals surface area contributed by atoms with Crippen LogP contribution in [0.25, 0.3) is 0 Å². The van der Waals surface area contributed by atoms with Gasteiger partial charge in [-0.3, -0.25) is 9.59 Å². The van der Waals surface area contributed by atoms with Crippen LogP contribution >= 0.6 is 0 Å². The molecule has 0 amide bonds. The molecule has 0 heterocycles. The monoisotopic (exact) mass is 130 g/mol. The van der Waals surface area contributed by atoms with Crippen LogP contribution in [0, 0.1) is 0 Å². The first kappa shape index (κ1) is 8.30. The zero-order valence-electron chi connectivity index (χ0n) is 5.39. The highest BCUT2D eigenvalue weighted by molar-refractivity contribution is 5.99. The Morgan fingerprint density at radius 2 is 1.89 bits per heavy atom. The van der Waals surface area contributed by atoms with Gasteiger partial charge in [-0.25, -0.2) is 0 Å². The lowest BCUT2D eigenvalue weighted by atomic mass is 10.2. The first-order chi connectivity index (χ1) is 4.20. The Balaban J connectivity index is 3.47. The Bertz CT molecular complexity index is 103. The fourth-order valence-corrected chi connectivity index (χ4v) is 0.401. The van der Waals surface area contributed by atoms with E-state index >= 15 is 0 Å². The number of Topliss-reactive ketones (excluding diaryl/α,β-unsaturated/α-hetero) is 2. The summed E-state index contributed by atoms with van der Waals surface area (Å²) in [5.41, 5.74) is 0. The standard InChI is InChI=1S/C6H10O3/c1-2-5(8)3-6(9)4-7/h7H,2-4H2,1H3. The minimum Gasteiger partial charge on any atom is -0.389 e. The number of aliphatic hydroxyl groups is 1. The van der Waals surface area contributed by atoms with Gasteiger partial charge in [-0.05, 0) is 0 Å². The van der Waals surface area contributed by atoms with E-state index in [0.717, 1.165) is 0 Å². The number of carbonyl (C=O) groups excluding carboxylic acids is 2. The number of aliphatic hydroxyl groups excluding tert-OH is 1. The van der Waals surface area contributed by atoms with Crippen LogP contribution in [-0.4, -0.2) is 23.3 Å². The highest BCUT2D eigenvalue weighted by Gasteiger charge is 2.04. The summed E-state index contributed by atoms with van der Waals surface area (Å²) < 4.78 is 0. The van der Waals surface area contributed by atoms with Crippen LogP contribution < -0.4 is 0 Å². The van der Waals surface area contributed by atoms with Crippen molar-refractivity contribution >= 4 is 11.6 Å². The molecule has 0 aliphatic carbocycles. The molecule has 3 nitrogen and oxygen atoms in total. The lowest BCUT2D eigenvalue weighted by Gasteiger charge is -1.91. The fraction of sp³-hybridized carbons (Fsp3) is 0.667. The highest BCUT2D eigenvalue weighted by Crippen LogP contribution is 1.88. The van der Waals surface area contributed by atoms with Crippen LogP contribution in [0.2, 0.25) is 0 Å². The number of ketones is 2. The molecule has 0 radical (unpaired) electrons. The average molecular weight is 130 g/mol. The zero-order valence-corrected chi connectivity index (χ0v) is 5.39. The van der Waals surface area contributed by atoms with Gasteiger partial charge in [0, 0.05) is 6.42 Å². The molecule has 0 aliphatic rings. The molecule has 0 bridgehead atoms. The lowest BCUT2D eigenvalue weighted by molar-refractivity contribution is -0.128. The minimum absolute atomic E-state index is 0.117. The molecular weight excluding hydrogens is 120 g/mol. The number of rotatable bonds is 4. The molecule has 0 aromatic heterocycles. The van der Waals surface area contributed by atoms with Crippen LogP contribution in [0.3, 0.4) is 0 Å². The molecule has 0 unspecified atom stereocenters. The maximum absolute atomic E-state index is 10.4. The molecule has 0 aromatic carbocycles. The van der Waals surface area contributed by atoms with E-state index in [1.165, 1.54) is 0 Å². The van der Waals surface area contributed by atoms with Crippen molar-refractivity contribution in [2.24, 2.45) is 0 Å². The molecule has 0 aliphatic heterocycles. The maximum Gasteiger partial charge on any atom is 0.165 e. The predicted octanol–water partition coefficient (Wildman–Crippen LogP) is -0.0830. The van der Waals surface area contributed by atoms with Gasteiger partial charge in [0.1, 0.15) is 12.4 Å². The third kappa shape index (κ3) is 3.85. The van der Waals surface area contributed by atoms with Crippen molar-refractivity contribution in [2.45, 2.75) is 19.8 Å². The van der Waals surface area contributed by atoms with Crippen molar-refractivity contribution in [3.63, 3.8) is 0 Å². The predicted molar refractivity (Wildman–Crippen MR) is 32.0 cm³/mol. The topological polar surface area (TPSA) is 54.4 Å². The smallest absolute Gasteiger partial charge is 0.165 e. The van der Waals surface area contributed by atoms with E-state index in [9.17, 15) is 9.59 Å². The SMILES string of the molecule is CCC(=O)CC(=O)CO. The Morgan fingerprint density at radius 3 is 2.22 bits per heavy atom. The van der Waals surface area contributed by atoms with Crippen LogP contribution in [0.5, 0.6) is 0 Å². The van der Waals surface area contributed by atoms with Gasteiger partial charge >= 0.3 is 0 Å². The summed E-state index contributed by atoms with van der Waals surface area (Å²) in [6, 6.07) is 0.